The van der Waals surface area contributed by atoms with E-state index in [-0.39, 0.29) is 0 Å². The molecule has 2 amide bonds. The van der Waals surface area contributed by atoms with Crippen LogP contribution in [0.3, 0.4) is 0 Å². The number of allylic oxidation sites excluding steroid dienone is 1. The number of phosphoric acid groups is 3. The zero-order valence-electron chi connectivity index (χ0n) is 14.7. The number of hydrogen-bond acceptors (Lipinski definition) is 9. The van der Waals surface area contributed by atoms with Crippen molar-refractivity contribution in [3.63, 3.8) is 0 Å². The van der Waals surface area contributed by atoms with Crippen molar-refractivity contribution in [1.29, 1.82) is 0 Å². The normalized spacial score (nSPS) is 32.0. The fourth-order valence-electron chi connectivity index (χ4n) is 2.50. The van der Waals surface area contributed by atoms with Crippen molar-refractivity contribution in [1.82, 2.24) is 10.2 Å². The van der Waals surface area contributed by atoms with Crippen LogP contribution in [0, 0.1) is 5.92 Å². The summed E-state index contributed by atoms with van der Waals surface area (Å²) in [5.74, 6) is -0.675. The molecule has 2 aliphatic heterocycles. The second kappa shape index (κ2) is 8.67. The van der Waals surface area contributed by atoms with Gasteiger partial charge in [0, 0.05) is 17.8 Å². The minimum atomic E-state index is -5.66. The fourth-order valence-corrected chi connectivity index (χ4v) is 5.53. The molecular weight excluding hydrogens is 461 g/mol. The summed E-state index contributed by atoms with van der Waals surface area (Å²) >= 11 is 0. The molecular formula is C11H19N2O13P3. The Kier molecular flexibility index (Phi) is 7.28. The minimum Gasteiger partial charge on any atom is -0.390 e. The van der Waals surface area contributed by atoms with E-state index in [0.717, 1.165) is 4.90 Å². The van der Waals surface area contributed by atoms with Crippen LogP contribution in [0.2, 0.25) is 0 Å². The average Bonchev–Trinajstić information content (AvgIpc) is 2.78. The van der Waals surface area contributed by atoms with Gasteiger partial charge in [-0.1, -0.05) is 13.5 Å². The van der Waals surface area contributed by atoms with Gasteiger partial charge in [-0.3, -0.25) is 9.42 Å². The minimum absolute atomic E-state index is 0.335. The lowest BCUT2D eigenvalue weighted by Crippen LogP contribution is -2.47. The number of nitrogens with one attached hydrogen (secondary N) is 1. The molecule has 0 aromatic heterocycles. The molecule has 15 nitrogen and oxygen atoms in total. The van der Waals surface area contributed by atoms with Crippen LogP contribution in [0.4, 0.5) is 4.79 Å². The van der Waals surface area contributed by atoms with Crippen molar-refractivity contribution in [2.75, 3.05) is 6.61 Å². The van der Waals surface area contributed by atoms with E-state index in [2.05, 4.69) is 25.0 Å². The van der Waals surface area contributed by atoms with Gasteiger partial charge in [-0.25, -0.2) is 18.5 Å². The molecule has 2 aliphatic rings. The van der Waals surface area contributed by atoms with Crippen LogP contribution in [0.5, 0.6) is 0 Å². The van der Waals surface area contributed by atoms with Crippen LogP contribution in [-0.2, 0) is 31.6 Å². The Balaban J connectivity index is 2.00. The van der Waals surface area contributed by atoms with Crippen molar-refractivity contribution in [3.8, 4) is 0 Å². The second-order valence-corrected chi connectivity index (χ2v) is 10.4. The predicted molar refractivity (Wildman–Crippen MR) is 92.3 cm³/mol. The van der Waals surface area contributed by atoms with E-state index in [4.69, 9.17) is 19.4 Å². The van der Waals surface area contributed by atoms with Gasteiger partial charge < -0.3 is 34.7 Å². The SMILES string of the molecule is C=C1C=CN([C@@H]2O[C@H](COP(=O)(O)OP(=O)(O)OP(=O)(O)O)C(O)[C@@H]2C)C(=O)N1. The van der Waals surface area contributed by atoms with E-state index < -0.39 is 60.5 Å². The van der Waals surface area contributed by atoms with Gasteiger partial charge in [0.05, 0.1) is 12.7 Å². The van der Waals surface area contributed by atoms with Crippen LogP contribution < -0.4 is 5.32 Å². The summed E-state index contributed by atoms with van der Waals surface area (Å²) in [5, 5.41) is 12.7. The van der Waals surface area contributed by atoms with Crippen LogP contribution in [-0.4, -0.2) is 60.7 Å². The molecule has 2 rings (SSSR count). The summed E-state index contributed by atoms with van der Waals surface area (Å²) in [6.45, 7) is 4.25. The van der Waals surface area contributed by atoms with Crippen molar-refractivity contribution in [3.05, 3.63) is 24.6 Å². The highest BCUT2D eigenvalue weighted by atomic mass is 31.3. The Morgan fingerprint density at radius 3 is 2.38 bits per heavy atom. The van der Waals surface area contributed by atoms with Gasteiger partial charge in [-0.15, -0.1) is 0 Å². The number of phosphoric ester groups is 1. The van der Waals surface area contributed by atoms with Crippen molar-refractivity contribution < 1.29 is 61.1 Å². The van der Waals surface area contributed by atoms with E-state index in [9.17, 15) is 28.5 Å². The number of amides is 2. The van der Waals surface area contributed by atoms with E-state index in [1.807, 2.05) is 0 Å². The number of urea groups is 1. The van der Waals surface area contributed by atoms with Crippen molar-refractivity contribution in [2.24, 2.45) is 5.92 Å². The molecule has 6 N–H and O–H groups in total. The molecule has 3 unspecified atom stereocenters. The van der Waals surface area contributed by atoms with E-state index in [1.165, 1.54) is 19.2 Å². The lowest BCUT2D eigenvalue weighted by atomic mass is 10.0. The van der Waals surface area contributed by atoms with Crippen LogP contribution in [0.15, 0.2) is 24.6 Å². The molecule has 0 saturated carbocycles. The Bertz CT molecular complexity index is 840. The molecule has 1 fully saturated rings. The maximum Gasteiger partial charge on any atom is 0.490 e. The summed E-state index contributed by atoms with van der Waals surface area (Å²) in [5.41, 5.74) is 0.335. The van der Waals surface area contributed by atoms with Gasteiger partial charge in [0.1, 0.15) is 12.3 Å². The summed E-state index contributed by atoms with van der Waals surface area (Å²) in [7, 11) is -16.5. The maximum atomic E-state index is 12.0. The molecule has 166 valence electrons. The third-order valence-corrected chi connectivity index (χ3v) is 7.52. The van der Waals surface area contributed by atoms with Crippen molar-refractivity contribution in [2.45, 2.75) is 25.4 Å². The molecule has 0 bridgehead atoms. The summed E-state index contributed by atoms with van der Waals surface area (Å²) < 4.78 is 50.7. The van der Waals surface area contributed by atoms with Crippen LogP contribution in [0.1, 0.15) is 6.92 Å². The first-order chi connectivity index (χ1) is 13.1. The average molecular weight is 480 g/mol. The summed E-state index contributed by atoms with van der Waals surface area (Å²) in [4.78, 5) is 48.6. The molecule has 0 radical (unpaired) electrons. The second-order valence-electron chi connectivity index (χ2n) is 5.98. The van der Waals surface area contributed by atoms with Crippen LogP contribution in [0.25, 0.3) is 0 Å². The number of nitrogens with zero attached hydrogens (tertiary/aromatic N) is 1. The monoisotopic (exact) mass is 480 g/mol. The van der Waals surface area contributed by atoms with Gasteiger partial charge >= 0.3 is 29.5 Å². The van der Waals surface area contributed by atoms with E-state index >= 15 is 0 Å². The standard InChI is InChI=1S/C11H19N2O13P3/c1-6-3-4-13(11(15)12-6)10-7(2)9(14)8(24-10)5-23-28(19,20)26-29(21,22)25-27(16,17)18/h3-4,7-10,14H,1,5H2,2H3,(H,12,15)(H,19,20)(H,21,22)(H2,16,17,18)/t7-,8+,9?,10+/m0/s1. The molecule has 6 atom stereocenters. The smallest absolute Gasteiger partial charge is 0.390 e. The molecule has 0 spiro atoms. The molecule has 0 aromatic rings. The highest BCUT2D eigenvalue weighted by Gasteiger charge is 2.47. The largest absolute Gasteiger partial charge is 0.490 e. The number of aliphatic hydroxyl groups is 1. The Labute approximate surface area is 164 Å². The maximum absolute atomic E-state index is 12.0. The van der Waals surface area contributed by atoms with E-state index in [1.54, 1.807) is 0 Å². The molecule has 2 heterocycles. The van der Waals surface area contributed by atoms with Crippen LogP contribution >= 0.6 is 23.5 Å². The van der Waals surface area contributed by atoms with Gasteiger partial charge in [0.2, 0.25) is 0 Å². The summed E-state index contributed by atoms with van der Waals surface area (Å²) in [6, 6.07) is -0.588. The Morgan fingerprint density at radius 1 is 1.21 bits per heavy atom. The number of carbonyl (C=O) groups excluding carboxylic acids is 1. The van der Waals surface area contributed by atoms with E-state index in [0.29, 0.717) is 5.70 Å². The van der Waals surface area contributed by atoms with Crippen molar-refractivity contribution >= 4 is 29.5 Å². The number of hydrogen-bond donors (Lipinski definition) is 6. The molecule has 0 aliphatic carbocycles. The number of rotatable bonds is 8. The number of carbonyl (C=O) groups is 1. The first-order valence-electron chi connectivity index (χ1n) is 7.68. The van der Waals surface area contributed by atoms with Gasteiger partial charge in [0.15, 0.2) is 0 Å². The molecule has 29 heavy (non-hydrogen) atoms. The third-order valence-electron chi connectivity index (χ3n) is 3.71. The molecule has 18 heteroatoms. The highest BCUT2D eigenvalue weighted by molar-refractivity contribution is 7.66. The highest BCUT2D eigenvalue weighted by Crippen LogP contribution is 2.66. The lowest BCUT2D eigenvalue weighted by Gasteiger charge is -2.30. The van der Waals surface area contributed by atoms with Gasteiger partial charge in [0.25, 0.3) is 0 Å². The summed E-state index contributed by atoms with van der Waals surface area (Å²) in [6.07, 6.45) is -0.683. The zero-order chi connectivity index (χ0) is 22.2. The first kappa shape index (κ1) is 24.4. The molecule has 0 aromatic carbocycles. The fraction of sp³-hybridized carbons (Fsp3) is 0.545. The number of aliphatic hydroxyl groups excluding tert-OH is 1. The predicted octanol–water partition coefficient (Wildman–Crippen LogP) is 0.104. The van der Waals surface area contributed by atoms with Gasteiger partial charge in [-0.2, -0.15) is 8.62 Å². The topological polar surface area (TPSA) is 222 Å². The number of ether oxygens (including phenoxy) is 1. The Hall–Kier alpha value is -0.920. The first-order valence-corrected chi connectivity index (χ1v) is 12.2. The van der Waals surface area contributed by atoms with Gasteiger partial charge in [-0.05, 0) is 6.08 Å². The molecule has 1 saturated heterocycles. The lowest BCUT2D eigenvalue weighted by molar-refractivity contribution is -0.0552. The Morgan fingerprint density at radius 2 is 1.83 bits per heavy atom. The zero-order valence-corrected chi connectivity index (χ0v) is 17.4. The third kappa shape index (κ3) is 6.79. The quantitative estimate of drug-likeness (QED) is 0.254.